The Hall–Kier alpha value is -4.27. The number of carboxylic acids is 1. The highest BCUT2D eigenvalue weighted by Crippen LogP contribution is 2.46. The third-order valence-electron chi connectivity index (χ3n) is 7.82. The summed E-state index contributed by atoms with van der Waals surface area (Å²) >= 11 is 0. The SMILES string of the molecule is O=C(O)[C@@H]1C2CCC(CC2)[C@H]1Nc1cc(-c2cc3ccccc3o2)nc(-c2c[nH]c3ncncc23)n1. The van der Waals surface area contributed by atoms with E-state index in [1.807, 2.05) is 42.6 Å². The Kier molecular flexibility index (Phi) is 4.77. The third-order valence-corrected chi connectivity index (χ3v) is 7.82. The summed E-state index contributed by atoms with van der Waals surface area (Å²) in [5.41, 5.74) is 2.87. The van der Waals surface area contributed by atoms with Crippen LogP contribution in [0.4, 0.5) is 5.82 Å². The Morgan fingerprint density at radius 3 is 2.75 bits per heavy atom. The molecule has 0 radical (unpaired) electrons. The van der Waals surface area contributed by atoms with Gasteiger partial charge >= 0.3 is 5.97 Å². The van der Waals surface area contributed by atoms with Crippen LogP contribution in [-0.2, 0) is 4.79 Å². The smallest absolute Gasteiger partial charge is 0.308 e. The second-order valence-electron chi connectivity index (χ2n) is 9.81. The lowest BCUT2D eigenvalue weighted by Gasteiger charge is -2.47. The number of hydrogen-bond acceptors (Lipinski definition) is 7. The van der Waals surface area contributed by atoms with Crippen molar-refractivity contribution < 1.29 is 14.3 Å². The second kappa shape index (κ2) is 8.15. The highest BCUT2D eigenvalue weighted by atomic mass is 16.4. The van der Waals surface area contributed by atoms with Gasteiger partial charge in [0.05, 0.1) is 5.92 Å². The summed E-state index contributed by atoms with van der Waals surface area (Å²) in [5, 5.41) is 15.4. The normalized spacial score (nSPS) is 23.3. The van der Waals surface area contributed by atoms with Gasteiger partial charge in [0.25, 0.3) is 0 Å². The molecule has 2 atom stereocenters. The Morgan fingerprint density at radius 1 is 1.08 bits per heavy atom. The van der Waals surface area contributed by atoms with E-state index >= 15 is 0 Å². The molecule has 9 nitrogen and oxygen atoms in total. The van der Waals surface area contributed by atoms with Crippen molar-refractivity contribution in [3.05, 3.63) is 55.1 Å². The molecule has 0 amide bonds. The van der Waals surface area contributed by atoms with Crippen molar-refractivity contribution in [2.24, 2.45) is 17.8 Å². The van der Waals surface area contributed by atoms with E-state index in [0.717, 1.165) is 47.6 Å². The van der Waals surface area contributed by atoms with E-state index in [1.54, 1.807) is 6.20 Å². The number of H-pyrrole nitrogens is 1. The lowest BCUT2D eigenvalue weighted by molar-refractivity contribution is -0.148. The lowest BCUT2D eigenvalue weighted by atomic mass is 9.61. The van der Waals surface area contributed by atoms with Crippen LogP contribution in [0.1, 0.15) is 25.7 Å². The molecule has 1 aromatic carbocycles. The molecule has 3 aliphatic rings. The van der Waals surface area contributed by atoms with Crippen molar-refractivity contribution in [2.45, 2.75) is 31.7 Å². The standard InChI is InChI=1S/C27H24N6O3/c34-27(35)23-14-5-7-15(8-6-14)24(23)32-22-10-19(21-9-16-3-1-2-4-20(16)36-21)31-26(33-22)18-12-29-25-17(18)11-28-13-30-25/h1-4,9-15,23-24H,5-8H2,(H,34,35)(H,28,29,30)(H,31,32,33)/t14?,15?,23-,24-/m1/s1. The second-order valence-corrected chi connectivity index (χ2v) is 9.81. The number of aromatic nitrogens is 5. The van der Waals surface area contributed by atoms with Crippen LogP contribution in [0, 0.1) is 17.8 Å². The highest BCUT2D eigenvalue weighted by Gasteiger charge is 2.47. The number of carbonyl (C=O) groups is 1. The number of rotatable bonds is 5. The molecule has 180 valence electrons. The van der Waals surface area contributed by atoms with Crippen LogP contribution in [0.5, 0.6) is 0 Å². The van der Waals surface area contributed by atoms with Crippen molar-refractivity contribution >= 4 is 33.8 Å². The first-order chi connectivity index (χ1) is 17.6. The zero-order chi connectivity index (χ0) is 24.2. The summed E-state index contributed by atoms with van der Waals surface area (Å²) in [6.07, 6.45) is 9.09. The molecule has 8 rings (SSSR count). The number of para-hydroxylation sites is 1. The molecule has 3 fully saturated rings. The van der Waals surface area contributed by atoms with Crippen LogP contribution in [-0.4, -0.2) is 42.0 Å². The molecule has 0 saturated heterocycles. The van der Waals surface area contributed by atoms with Crippen LogP contribution >= 0.6 is 0 Å². The van der Waals surface area contributed by atoms with E-state index in [1.165, 1.54) is 6.33 Å². The third kappa shape index (κ3) is 3.42. The molecule has 4 heterocycles. The summed E-state index contributed by atoms with van der Waals surface area (Å²) in [6, 6.07) is 11.5. The monoisotopic (exact) mass is 480 g/mol. The average molecular weight is 481 g/mol. The Labute approximate surface area is 206 Å². The Bertz CT molecular complexity index is 1570. The summed E-state index contributed by atoms with van der Waals surface area (Å²) < 4.78 is 6.12. The molecule has 0 unspecified atom stereocenters. The molecule has 2 bridgehead atoms. The van der Waals surface area contributed by atoms with Crippen molar-refractivity contribution in [1.29, 1.82) is 0 Å². The molecule has 9 heteroatoms. The average Bonchev–Trinajstić information content (AvgIpc) is 3.54. The van der Waals surface area contributed by atoms with Gasteiger partial charge in [-0.3, -0.25) is 4.79 Å². The van der Waals surface area contributed by atoms with E-state index in [0.29, 0.717) is 34.7 Å². The summed E-state index contributed by atoms with van der Waals surface area (Å²) in [7, 11) is 0. The van der Waals surface area contributed by atoms with Crippen molar-refractivity contribution in [1.82, 2.24) is 24.9 Å². The number of hydrogen-bond donors (Lipinski definition) is 3. The number of fused-ring (bicyclic) bond motifs is 5. The van der Waals surface area contributed by atoms with E-state index in [-0.39, 0.29) is 12.0 Å². The minimum absolute atomic E-state index is 0.174. The summed E-state index contributed by atoms with van der Waals surface area (Å²) in [5.74, 6) is 1.06. The zero-order valence-electron chi connectivity index (χ0n) is 19.4. The Balaban J connectivity index is 1.36. The Morgan fingerprint density at radius 2 is 1.92 bits per heavy atom. The van der Waals surface area contributed by atoms with Gasteiger partial charge in [-0.1, -0.05) is 18.2 Å². The van der Waals surface area contributed by atoms with Crippen LogP contribution < -0.4 is 5.32 Å². The van der Waals surface area contributed by atoms with Gasteiger partial charge in [0.1, 0.15) is 29.1 Å². The molecule has 36 heavy (non-hydrogen) atoms. The summed E-state index contributed by atoms with van der Waals surface area (Å²) in [4.78, 5) is 33.5. The van der Waals surface area contributed by atoms with Crippen LogP contribution in [0.3, 0.4) is 0 Å². The first kappa shape index (κ1) is 21.0. The van der Waals surface area contributed by atoms with E-state index in [2.05, 4.69) is 20.3 Å². The van der Waals surface area contributed by atoms with E-state index < -0.39 is 11.9 Å². The first-order valence-electron chi connectivity index (χ1n) is 12.3. The molecule has 0 spiro atoms. The van der Waals surface area contributed by atoms with Crippen molar-refractivity contribution in [3.8, 4) is 22.8 Å². The molecule has 0 aliphatic heterocycles. The number of aromatic amines is 1. The fourth-order valence-corrected chi connectivity index (χ4v) is 6.10. The van der Waals surface area contributed by atoms with Crippen LogP contribution in [0.25, 0.3) is 44.8 Å². The van der Waals surface area contributed by atoms with Gasteiger partial charge in [0.2, 0.25) is 0 Å². The zero-order valence-corrected chi connectivity index (χ0v) is 19.4. The largest absolute Gasteiger partial charge is 0.481 e. The highest BCUT2D eigenvalue weighted by molar-refractivity contribution is 5.91. The molecule has 3 aliphatic carbocycles. The minimum Gasteiger partial charge on any atom is -0.481 e. The number of benzene rings is 1. The number of nitrogens with zero attached hydrogens (tertiary/aromatic N) is 4. The predicted molar refractivity (Wildman–Crippen MR) is 134 cm³/mol. The van der Waals surface area contributed by atoms with Crippen molar-refractivity contribution in [2.75, 3.05) is 5.32 Å². The minimum atomic E-state index is -0.734. The topological polar surface area (TPSA) is 130 Å². The number of carboxylic acid groups (broad SMARTS) is 1. The van der Waals surface area contributed by atoms with E-state index in [4.69, 9.17) is 14.4 Å². The summed E-state index contributed by atoms with van der Waals surface area (Å²) in [6.45, 7) is 0. The van der Waals surface area contributed by atoms with Gasteiger partial charge in [-0.2, -0.15) is 0 Å². The predicted octanol–water partition coefficient (Wildman–Crippen LogP) is 5.13. The van der Waals surface area contributed by atoms with Crippen LogP contribution in [0.15, 0.2) is 59.5 Å². The van der Waals surface area contributed by atoms with Crippen molar-refractivity contribution in [3.63, 3.8) is 0 Å². The van der Waals surface area contributed by atoms with Gasteiger partial charge in [-0.15, -0.1) is 0 Å². The maximum absolute atomic E-state index is 12.2. The maximum Gasteiger partial charge on any atom is 0.308 e. The molecular formula is C27H24N6O3. The molecule has 5 aromatic rings. The van der Waals surface area contributed by atoms with Gasteiger partial charge < -0.3 is 19.8 Å². The first-order valence-corrected chi connectivity index (χ1v) is 12.3. The molecule has 3 N–H and O–H groups in total. The van der Waals surface area contributed by atoms with Gasteiger partial charge in [-0.05, 0) is 49.7 Å². The van der Waals surface area contributed by atoms with Gasteiger partial charge in [0, 0.05) is 40.8 Å². The maximum atomic E-state index is 12.2. The van der Waals surface area contributed by atoms with Crippen LogP contribution in [0.2, 0.25) is 0 Å². The number of furan rings is 1. The van der Waals surface area contributed by atoms with Gasteiger partial charge in [-0.25, -0.2) is 19.9 Å². The number of nitrogens with one attached hydrogen (secondary N) is 2. The van der Waals surface area contributed by atoms with E-state index in [9.17, 15) is 9.90 Å². The fourth-order valence-electron chi connectivity index (χ4n) is 6.10. The molecular weight excluding hydrogens is 456 g/mol. The lowest BCUT2D eigenvalue weighted by Crippen LogP contribution is -2.51. The fraction of sp³-hybridized carbons (Fsp3) is 0.296. The van der Waals surface area contributed by atoms with Gasteiger partial charge in [0.15, 0.2) is 11.6 Å². The quantitative estimate of drug-likeness (QED) is 0.316. The number of aliphatic carboxylic acids is 1. The molecule has 3 saturated carbocycles. The number of anilines is 1. The molecule has 4 aromatic heterocycles.